The van der Waals surface area contributed by atoms with Crippen molar-refractivity contribution in [1.82, 2.24) is 4.57 Å². The van der Waals surface area contributed by atoms with Crippen LogP contribution in [0.2, 0.25) is 0 Å². The number of imidazole rings is 1. The maximum absolute atomic E-state index is 14.4. The number of benzene rings is 2. The fourth-order valence-electron chi connectivity index (χ4n) is 5.19. The summed E-state index contributed by atoms with van der Waals surface area (Å²) in [5.74, 6) is 0.535. The first-order valence-corrected chi connectivity index (χ1v) is 11.7. The molecule has 0 amide bonds. The Labute approximate surface area is 207 Å². The maximum atomic E-state index is 14.4. The molecule has 0 radical (unpaired) electrons. The van der Waals surface area contributed by atoms with E-state index in [0.29, 0.717) is 12.2 Å². The van der Waals surface area contributed by atoms with E-state index >= 15 is 0 Å². The Hall–Kier alpha value is -2.81. The molecule has 0 spiro atoms. The molecule has 0 aliphatic carbocycles. The van der Waals surface area contributed by atoms with Gasteiger partial charge in [0.2, 0.25) is 0 Å². The van der Waals surface area contributed by atoms with E-state index in [9.17, 15) is 26.3 Å². The summed E-state index contributed by atoms with van der Waals surface area (Å²) in [7, 11) is 0. The Balaban J connectivity index is 2.47. The number of hydrogen-bond acceptors (Lipinski definition) is 1. The molecule has 3 aromatic rings. The molecule has 0 bridgehead atoms. The summed E-state index contributed by atoms with van der Waals surface area (Å²) < 4.78 is 94.6. The van der Waals surface area contributed by atoms with Gasteiger partial charge in [-0.1, -0.05) is 36.2 Å². The van der Waals surface area contributed by atoms with Gasteiger partial charge in [-0.2, -0.15) is 35.5 Å². The van der Waals surface area contributed by atoms with E-state index in [1.165, 1.54) is 24.6 Å². The van der Waals surface area contributed by atoms with Gasteiger partial charge in [0.1, 0.15) is 23.8 Å². The average molecular weight is 514 g/mol. The number of hydrogen-bond donors (Lipinski definition) is 0. The quantitative estimate of drug-likeness (QED) is 0.252. The van der Waals surface area contributed by atoms with Gasteiger partial charge < -0.3 is 4.74 Å². The summed E-state index contributed by atoms with van der Waals surface area (Å²) in [6.45, 7) is 11.0. The van der Waals surface area contributed by atoms with Gasteiger partial charge in [0.25, 0.3) is 11.4 Å². The third-order valence-corrected chi connectivity index (χ3v) is 6.34. The molecular weight excluding hydrogens is 482 g/mol. The number of ether oxygens (including phenoxy) is 1. The first kappa shape index (κ1) is 27.8. The second-order valence-electron chi connectivity index (χ2n) is 9.14. The van der Waals surface area contributed by atoms with Crippen LogP contribution in [0.25, 0.3) is 11.4 Å². The molecule has 1 aromatic heterocycles. The lowest BCUT2D eigenvalue weighted by atomic mass is 9.87. The van der Waals surface area contributed by atoms with Crippen LogP contribution in [0.15, 0.2) is 36.7 Å². The highest BCUT2D eigenvalue weighted by molar-refractivity contribution is 5.55. The summed E-state index contributed by atoms with van der Waals surface area (Å²) in [6.07, 6.45) is -7.96. The van der Waals surface area contributed by atoms with Crippen LogP contribution in [-0.4, -0.2) is 23.5 Å². The normalized spacial score (nSPS) is 12.9. The Morgan fingerprint density at radius 1 is 0.778 bits per heavy atom. The van der Waals surface area contributed by atoms with Crippen LogP contribution in [0.4, 0.5) is 26.3 Å². The lowest BCUT2D eigenvalue weighted by Gasteiger charge is -2.38. The minimum Gasteiger partial charge on any atom is -0.354 e. The maximum Gasteiger partial charge on any atom is 0.431 e. The molecule has 0 saturated carbocycles. The van der Waals surface area contributed by atoms with E-state index in [4.69, 9.17) is 0 Å². The second kappa shape index (κ2) is 9.57. The SMILES string of the molecule is CCOC(c1cc(C)cc(C)c1-n1cc[n+](-c2c(C)cc(C)cc2C)c1CC)(C(F)(F)F)C(F)(F)F. The molecule has 2 aromatic carbocycles. The lowest BCUT2D eigenvalue weighted by molar-refractivity contribution is -0.604. The molecule has 3 nitrogen and oxygen atoms in total. The van der Waals surface area contributed by atoms with Crippen LogP contribution in [0.1, 0.15) is 53.1 Å². The van der Waals surface area contributed by atoms with Gasteiger partial charge in [-0.05, 0) is 64.3 Å². The van der Waals surface area contributed by atoms with Crippen molar-refractivity contribution in [3.63, 3.8) is 0 Å². The molecular formula is C27H31F6N2O+. The number of rotatable bonds is 6. The summed E-state index contributed by atoms with van der Waals surface area (Å²) in [5, 5.41) is 0. The summed E-state index contributed by atoms with van der Waals surface area (Å²) in [5.41, 5.74) is -1.33. The van der Waals surface area contributed by atoms with Gasteiger partial charge in [0.15, 0.2) is 0 Å². The Morgan fingerprint density at radius 2 is 1.28 bits per heavy atom. The molecule has 36 heavy (non-hydrogen) atoms. The van der Waals surface area contributed by atoms with Crippen LogP contribution in [0, 0.1) is 34.6 Å². The zero-order valence-corrected chi connectivity index (χ0v) is 21.4. The highest BCUT2D eigenvalue weighted by Gasteiger charge is 2.74. The molecule has 1 heterocycles. The van der Waals surface area contributed by atoms with Crippen molar-refractivity contribution in [2.24, 2.45) is 0 Å². The standard InChI is InChI=1S/C27H31F6N2O/c1-8-22-34(23-18(5)12-16(3)13-19(23)6)10-11-35(22)24-20(7)14-17(4)15-21(24)25(36-9-2,26(28,29)30)27(31,32)33/h10-15H,8-9H2,1-7H3/q+1. The van der Waals surface area contributed by atoms with Crippen LogP contribution < -0.4 is 4.57 Å². The van der Waals surface area contributed by atoms with Crippen molar-refractivity contribution in [3.05, 3.63) is 75.9 Å². The van der Waals surface area contributed by atoms with Crippen LogP contribution >= 0.6 is 0 Å². The zero-order chi connectivity index (χ0) is 27.2. The summed E-state index contributed by atoms with van der Waals surface area (Å²) in [6, 6.07) is 6.49. The predicted octanol–water partition coefficient (Wildman–Crippen LogP) is 7.21. The third-order valence-electron chi connectivity index (χ3n) is 6.34. The molecule has 3 rings (SSSR count). The minimum atomic E-state index is -5.75. The highest BCUT2D eigenvalue weighted by atomic mass is 19.4. The molecule has 9 heteroatoms. The molecule has 196 valence electrons. The zero-order valence-electron chi connectivity index (χ0n) is 21.4. The van der Waals surface area contributed by atoms with E-state index in [-0.39, 0.29) is 16.8 Å². The van der Waals surface area contributed by atoms with E-state index < -0.39 is 30.1 Å². The predicted molar refractivity (Wildman–Crippen MR) is 126 cm³/mol. The Bertz CT molecular complexity index is 1230. The molecule has 0 fully saturated rings. The number of aromatic nitrogens is 2. The van der Waals surface area contributed by atoms with Crippen molar-refractivity contribution in [3.8, 4) is 11.4 Å². The van der Waals surface area contributed by atoms with Crippen molar-refractivity contribution >= 4 is 0 Å². The van der Waals surface area contributed by atoms with Crippen LogP contribution in [-0.2, 0) is 16.8 Å². The van der Waals surface area contributed by atoms with Crippen LogP contribution in [0.3, 0.4) is 0 Å². The number of halogens is 6. The smallest absolute Gasteiger partial charge is 0.354 e. The Kier molecular flexibility index (Phi) is 7.39. The minimum absolute atomic E-state index is 0.193. The fourth-order valence-corrected chi connectivity index (χ4v) is 5.19. The van der Waals surface area contributed by atoms with Gasteiger partial charge in [-0.15, -0.1) is 0 Å². The largest absolute Gasteiger partial charge is 0.431 e. The summed E-state index contributed by atoms with van der Waals surface area (Å²) >= 11 is 0. The summed E-state index contributed by atoms with van der Waals surface area (Å²) in [4.78, 5) is 0. The second-order valence-corrected chi connectivity index (χ2v) is 9.14. The fraction of sp³-hybridized carbons (Fsp3) is 0.444. The van der Waals surface area contributed by atoms with E-state index in [0.717, 1.165) is 35.4 Å². The average Bonchev–Trinajstić information content (AvgIpc) is 3.11. The molecule has 0 atom stereocenters. The number of nitrogens with zero attached hydrogens (tertiary/aromatic N) is 2. The molecule has 0 aliphatic rings. The molecule has 0 saturated heterocycles. The highest BCUT2D eigenvalue weighted by Crippen LogP contribution is 2.55. The lowest BCUT2D eigenvalue weighted by Crippen LogP contribution is -2.56. The van der Waals surface area contributed by atoms with Crippen LogP contribution in [0.5, 0.6) is 0 Å². The van der Waals surface area contributed by atoms with Crippen molar-refractivity contribution < 1.29 is 35.6 Å². The van der Waals surface area contributed by atoms with Gasteiger partial charge in [0.05, 0.1) is 5.56 Å². The molecule has 0 unspecified atom stereocenters. The van der Waals surface area contributed by atoms with Gasteiger partial charge in [-0.25, -0.2) is 0 Å². The first-order chi connectivity index (χ1) is 16.6. The van der Waals surface area contributed by atoms with E-state index in [2.05, 4.69) is 4.74 Å². The molecule has 0 N–H and O–H groups in total. The van der Waals surface area contributed by atoms with E-state index in [1.54, 1.807) is 12.3 Å². The number of aryl methyl sites for hydroxylation is 5. The Morgan fingerprint density at radius 3 is 1.75 bits per heavy atom. The molecule has 0 aliphatic heterocycles. The van der Waals surface area contributed by atoms with E-state index in [1.807, 2.05) is 44.4 Å². The number of alkyl halides is 6. The topological polar surface area (TPSA) is 18.0 Å². The van der Waals surface area contributed by atoms with Crippen molar-refractivity contribution in [1.29, 1.82) is 0 Å². The first-order valence-electron chi connectivity index (χ1n) is 11.7. The third kappa shape index (κ3) is 4.42. The van der Waals surface area contributed by atoms with Crippen molar-refractivity contribution in [2.45, 2.75) is 72.8 Å². The van der Waals surface area contributed by atoms with Gasteiger partial charge >= 0.3 is 12.4 Å². The van der Waals surface area contributed by atoms with Crippen molar-refractivity contribution in [2.75, 3.05) is 6.61 Å². The van der Waals surface area contributed by atoms with Gasteiger partial charge in [-0.3, -0.25) is 0 Å². The monoisotopic (exact) mass is 513 g/mol. The van der Waals surface area contributed by atoms with Gasteiger partial charge in [0, 0.05) is 13.0 Å².